The zero-order valence-corrected chi connectivity index (χ0v) is 15.3. The molecule has 0 bridgehead atoms. The van der Waals surface area contributed by atoms with E-state index in [2.05, 4.69) is 20.4 Å². The predicted octanol–water partition coefficient (Wildman–Crippen LogP) is 5.86. The number of carbonyl (C=O) groups is 1. The lowest BCUT2D eigenvalue weighted by atomic mass is 10.0. The highest BCUT2D eigenvalue weighted by Gasteiger charge is 2.13. The minimum Gasteiger partial charge on any atom is -0.493 e. The Bertz CT molecular complexity index is 494. The molecule has 0 unspecified atom stereocenters. The fourth-order valence-corrected chi connectivity index (χ4v) is 2.64. The molecule has 0 spiro atoms. The van der Waals surface area contributed by atoms with Gasteiger partial charge in [0.15, 0.2) is 0 Å². The second-order valence-electron chi connectivity index (χ2n) is 6.08. The monoisotopic (exact) mass is 332 g/mol. The summed E-state index contributed by atoms with van der Waals surface area (Å²) in [5.74, 6) is 1.00. The van der Waals surface area contributed by atoms with Gasteiger partial charge in [-0.05, 0) is 31.4 Å². The first-order chi connectivity index (χ1) is 11.7. The van der Waals surface area contributed by atoms with Crippen LogP contribution in [0.5, 0.6) is 11.5 Å². The second-order valence-corrected chi connectivity index (χ2v) is 6.08. The topological polar surface area (TPSA) is 35.5 Å². The maximum absolute atomic E-state index is 11.6. The molecule has 0 fully saturated rings. The zero-order valence-electron chi connectivity index (χ0n) is 15.3. The van der Waals surface area contributed by atoms with Crippen molar-refractivity contribution in [2.45, 2.75) is 71.6 Å². The molecule has 3 heteroatoms. The normalized spacial score (nSPS) is 10.4. The minimum absolute atomic E-state index is 0.427. The number of carbonyl (C=O) groups excluding carboxylic acids is 1. The third kappa shape index (κ3) is 7.67. The second kappa shape index (κ2) is 12.6. The summed E-state index contributed by atoms with van der Waals surface area (Å²) >= 11 is 0. The van der Waals surface area contributed by atoms with E-state index < -0.39 is 5.97 Å². The maximum Gasteiger partial charge on any atom is 0.335 e. The summed E-state index contributed by atoms with van der Waals surface area (Å²) in [4.78, 5) is 11.6. The lowest BCUT2D eigenvalue weighted by Gasteiger charge is -2.15. The standard InChI is InChI=1S/C21H32O3/c1-4-7-8-9-10-11-12-14-18-19(23-17-5-2)15-13-16-20(18)24-21(22)6-3/h6,13,15-16H,3-5,7-12,14,17H2,1-2H3. The Labute approximate surface area is 147 Å². The minimum atomic E-state index is -0.427. The first-order valence-corrected chi connectivity index (χ1v) is 9.31. The van der Waals surface area contributed by atoms with Crippen molar-refractivity contribution in [2.24, 2.45) is 0 Å². The summed E-state index contributed by atoms with van der Waals surface area (Å²) in [7, 11) is 0. The summed E-state index contributed by atoms with van der Waals surface area (Å²) in [6.45, 7) is 8.45. The number of benzene rings is 1. The van der Waals surface area contributed by atoms with Crippen molar-refractivity contribution in [3.63, 3.8) is 0 Å². The van der Waals surface area contributed by atoms with Gasteiger partial charge in [0.1, 0.15) is 11.5 Å². The SMILES string of the molecule is C=CC(=O)Oc1cccc(OCCC)c1CCCCCCCCC. The number of hydrogen-bond acceptors (Lipinski definition) is 3. The summed E-state index contributed by atoms with van der Waals surface area (Å²) < 4.78 is 11.2. The molecule has 24 heavy (non-hydrogen) atoms. The Balaban J connectivity index is 2.65. The average Bonchev–Trinajstić information content (AvgIpc) is 2.60. The van der Waals surface area contributed by atoms with Gasteiger partial charge < -0.3 is 9.47 Å². The zero-order chi connectivity index (χ0) is 17.6. The van der Waals surface area contributed by atoms with E-state index in [-0.39, 0.29) is 0 Å². The van der Waals surface area contributed by atoms with Crippen molar-refractivity contribution < 1.29 is 14.3 Å². The van der Waals surface area contributed by atoms with Crippen molar-refractivity contribution in [1.29, 1.82) is 0 Å². The lowest BCUT2D eigenvalue weighted by Crippen LogP contribution is -2.07. The number of esters is 1. The molecule has 0 N–H and O–H groups in total. The number of rotatable bonds is 13. The van der Waals surface area contributed by atoms with E-state index in [1.54, 1.807) is 0 Å². The molecule has 0 amide bonds. The van der Waals surface area contributed by atoms with Crippen LogP contribution in [0.25, 0.3) is 0 Å². The number of hydrogen-bond donors (Lipinski definition) is 0. The molecule has 0 saturated heterocycles. The molecule has 1 aromatic carbocycles. The first-order valence-electron chi connectivity index (χ1n) is 9.31. The predicted molar refractivity (Wildman–Crippen MR) is 99.8 cm³/mol. The highest BCUT2D eigenvalue weighted by molar-refractivity contribution is 5.83. The van der Waals surface area contributed by atoms with Gasteiger partial charge in [0.2, 0.25) is 0 Å². The third-order valence-electron chi connectivity index (χ3n) is 3.96. The smallest absolute Gasteiger partial charge is 0.335 e. The highest BCUT2D eigenvalue weighted by Crippen LogP contribution is 2.31. The van der Waals surface area contributed by atoms with Gasteiger partial charge >= 0.3 is 5.97 Å². The van der Waals surface area contributed by atoms with Crippen LogP contribution in [0.1, 0.15) is 70.8 Å². The molecule has 3 nitrogen and oxygen atoms in total. The van der Waals surface area contributed by atoms with Crippen molar-refractivity contribution in [3.8, 4) is 11.5 Å². The van der Waals surface area contributed by atoms with Crippen LogP contribution in [0.3, 0.4) is 0 Å². The maximum atomic E-state index is 11.6. The van der Waals surface area contributed by atoms with E-state index in [0.29, 0.717) is 12.4 Å². The van der Waals surface area contributed by atoms with Gasteiger partial charge in [-0.1, -0.05) is 65.0 Å². The van der Waals surface area contributed by atoms with Crippen molar-refractivity contribution in [3.05, 3.63) is 36.4 Å². The molecule has 1 aromatic rings. The third-order valence-corrected chi connectivity index (χ3v) is 3.96. The molecule has 0 saturated carbocycles. The van der Waals surface area contributed by atoms with Gasteiger partial charge in [0, 0.05) is 11.6 Å². The summed E-state index contributed by atoms with van der Waals surface area (Å²) in [5, 5.41) is 0. The molecule has 0 atom stereocenters. The van der Waals surface area contributed by atoms with Gasteiger partial charge in [0.05, 0.1) is 6.61 Å². The van der Waals surface area contributed by atoms with E-state index in [0.717, 1.165) is 30.6 Å². The van der Waals surface area contributed by atoms with Gasteiger partial charge in [-0.2, -0.15) is 0 Å². The molecule has 0 aliphatic carbocycles. The summed E-state index contributed by atoms with van der Waals surface area (Å²) in [5.41, 5.74) is 0.995. The van der Waals surface area contributed by atoms with Crippen LogP contribution in [0.2, 0.25) is 0 Å². The molecular formula is C21H32O3. The van der Waals surface area contributed by atoms with Crippen LogP contribution in [0.15, 0.2) is 30.9 Å². The van der Waals surface area contributed by atoms with Crippen LogP contribution in [-0.4, -0.2) is 12.6 Å². The van der Waals surface area contributed by atoms with E-state index in [9.17, 15) is 4.79 Å². The van der Waals surface area contributed by atoms with Crippen LogP contribution in [-0.2, 0) is 11.2 Å². The van der Waals surface area contributed by atoms with Gasteiger partial charge in [-0.3, -0.25) is 0 Å². The Morgan fingerprint density at radius 3 is 2.33 bits per heavy atom. The lowest BCUT2D eigenvalue weighted by molar-refractivity contribution is -0.129. The molecule has 0 aliphatic rings. The number of unbranched alkanes of at least 4 members (excludes halogenated alkanes) is 6. The Kier molecular flexibility index (Phi) is 10.7. The Morgan fingerprint density at radius 1 is 1.00 bits per heavy atom. The van der Waals surface area contributed by atoms with Gasteiger partial charge in [0.25, 0.3) is 0 Å². The van der Waals surface area contributed by atoms with Gasteiger partial charge in [-0.25, -0.2) is 4.79 Å². The molecule has 0 heterocycles. The molecule has 1 rings (SSSR count). The molecule has 0 radical (unpaired) electrons. The Morgan fingerprint density at radius 2 is 1.67 bits per heavy atom. The summed E-state index contributed by atoms with van der Waals surface area (Å²) in [6, 6.07) is 5.65. The van der Waals surface area contributed by atoms with Crippen LogP contribution in [0, 0.1) is 0 Å². The van der Waals surface area contributed by atoms with Crippen LogP contribution < -0.4 is 9.47 Å². The highest BCUT2D eigenvalue weighted by atomic mass is 16.5. The van der Waals surface area contributed by atoms with E-state index in [1.165, 1.54) is 44.6 Å². The Hall–Kier alpha value is -1.77. The first kappa shape index (κ1) is 20.3. The molecule has 0 aliphatic heterocycles. The van der Waals surface area contributed by atoms with Crippen molar-refractivity contribution in [1.82, 2.24) is 0 Å². The molecule has 0 aromatic heterocycles. The van der Waals surface area contributed by atoms with Crippen molar-refractivity contribution >= 4 is 5.97 Å². The number of ether oxygens (including phenoxy) is 2. The van der Waals surface area contributed by atoms with E-state index >= 15 is 0 Å². The fraction of sp³-hybridized carbons (Fsp3) is 0.571. The van der Waals surface area contributed by atoms with E-state index in [1.807, 2.05) is 18.2 Å². The largest absolute Gasteiger partial charge is 0.493 e. The fourth-order valence-electron chi connectivity index (χ4n) is 2.64. The van der Waals surface area contributed by atoms with E-state index in [4.69, 9.17) is 9.47 Å². The van der Waals surface area contributed by atoms with Crippen molar-refractivity contribution in [2.75, 3.05) is 6.61 Å². The molecular weight excluding hydrogens is 300 g/mol. The molecule has 134 valence electrons. The van der Waals surface area contributed by atoms with Gasteiger partial charge in [-0.15, -0.1) is 0 Å². The van der Waals surface area contributed by atoms with Crippen LogP contribution in [0.4, 0.5) is 0 Å². The summed E-state index contributed by atoms with van der Waals surface area (Å²) in [6.07, 6.45) is 11.8. The quantitative estimate of drug-likeness (QED) is 0.196. The average molecular weight is 332 g/mol. The van der Waals surface area contributed by atoms with Crippen LogP contribution >= 0.6 is 0 Å².